The SMILES string of the molecule is CC(=O)Oc1cccc(C(=O)Nc2ccccc2CNC(=O)C(C)(C)C)c1. The smallest absolute Gasteiger partial charge is 0.308 e. The van der Waals surface area contributed by atoms with E-state index in [0.29, 0.717) is 23.5 Å². The van der Waals surface area contributed by atoms with Crippen LogP contribution < -0.4 is 15.4 Å². The molecule has 0 aromatic heterocycles. The zero-order valence-corrected chi connectivity index (χ0v) is 16.0. The van der Waals surface area contributed by atoms with Crippen molar-refractivity contribution < 1.29 is 19.1 Å². The number of carbonyl (C=O) groups excluding carboxylic acids is 3. The summed E-state index contributed by atoms with van der Waals surface area (Å²) < 4.78 is 5.01. The van der Waals surface area contributed by atoms with Gasteiger partial charge in [0.25, 0.3) is 5.91 Å². The maximum absolute atomic E-state index is 12.6. The minimum Gasteiger partial charge on any atom is -0.427 e. The van der Waals surface area contributed by atoms with Crippen molar-refractivity contribution in [1.82, 2.24) is 5.32 Å². The Morgan fingerprint density at radius 2 is 1.70 bits per heavy atom. The van der Waals surface area contributed by atoms with Crippen LogP contribution in [0.3, 0.4) is 0 Å². The van der Waals surface area contributed by atoms with E-state index in [9.17, 15) is 14.4 Å². The van der Waals surface area contributed by atoms with Crippen LogP contribution in [0, 0.1) is 5.41 Å². The van der Waals surface area contributed by atoms with Crippen molar-refractivity contribution >= 4 is 23.5 Å². The molecule has 0 bridgehead atoms. The van der Waals surface area contributed by atoms with Crippen molar-refractivity contribution in [1.29, 1.82) is 0 Å². The third-order valence-corrected chi connectivity index (χ3v) is 3.74. The summed E-state index contributed by atoms with van der Waals surface area (Å²) in [6.45, 7) is 7.12. The number of rotatable bonds is 5. The van der Waals surface area contributed by atoms with E-state index >= 15 is 0 Å². The molecule has 2 aromatic rings. The summed E-state index contributed by atoms with van der Waals surface area (Å²) in [6, 6.07) is 13.6. The molecule has 0 radical (unpaired) electrons. The number of esters is 1. The first-order chi connectivity index (χ1) is 12.7. The second-order valence-electron chi connectivity index (χ2n) is 7.17. The van der Waals surface area contributed by atoms with Gasteiger partial charge in [0, 0.05) is 30.1 Å². The Kier molecular flexibility index (Phi) is 6.34. The van der Waals surface area contributed by atoms with Crippen LogP contribution in [0.25, 0.3) is 0 Å². The number of anilines is 1. The zero-order valence-electron chi connectivity index (χ0n) is 16.0. The van der Waals surface area contributed by atoms with E-state index in [4.69, 9.17) is 4.74 Å². The highest BCUT2D eigenvalue weighted by Gasteiger charge is 2.21. The zero-order chi connectivity index (χ0) is 20.0. The molecule has 6 nitrogen and oxygen atoms in total. The van der Waals surface area contributed by atoms with Crippen molar-refractivity contribution in [3.63, 3.8) is 0 Å². The van der Waals surface area contributed by atoms with Crippen LogP contribution in [0.15, 0.2) is 48.5 Å². The molecule has 2 N–H and O–H groups in total. The molecule has 0 saturated carbocycles. The maximum atomic E-state index is 12.6. The molecule has 142 valence electrons. The Morgan fingerprint density at radius 3 is 2.37 bits per heavy atom. The number of benzene rings is 2. The van der Waals surface area contributed by atoms with Gasteiger partial charge in [-0.1, -0.05) is 45.0 Å². The lowest BCUT2D eigenvalue weighted by Crippen LogP contribution is -2.34. The van der Waals surface area contributed by atoms with Crippen LogP contribution in [0.4, 0.5) is 5.69 Å². The van der Waals surface area contributed by atoms with Crippen LogP contribution in [-0.4, -0.2) is 17.8 Å². The molecule has 2 aromatic carbocycles. The average Bonchev–Trinajstić information content (AvgIpc) is 2.59. The summed E-state index contributed by atoms with van der Waals surface area (Å²) in [5.41, 5.74) is 1.27. The predicted molar refractivity (Wildman–Crippen MR) is 103 cm³/mol. The number of ether oxygens (including phenoxy) is 1. The third-order valence-electron chi connectivity index (χ3n) is 3.74. The average molecular weight is 368 g/mol. The molecule has 0 spiro atoms. The van der Waals surface area contributed by atoms with Crippen LogP contribution >= 0.6 is 0 Å². The van der Waals surface area contributed by atoms with E-state index < -0.39 is 11.4 Å². The fourth-order valence-electron chi connectivity index (χ4n) is 2.30. The molecule has 0 aliphatic heterocycles. The summed E-state index contributed by atoms with van der Waals surface area (Å²) in [7, 11) is 0. The van der Waals surface area contributed by atoms with E-state index in [1.165, 1.54) is 13.0 Å². The van der Waals surface area contributed by atoms with E-state index in [2.05, 4.69) is 10.6 Å². The maximum Gasteiger partial charge on any atom is 0.308 e. The van der Waals surface area contributed by atoms with E-state index in [1.807, 2.05) is 32.9 Å². The molecule has 0 heterocycles. The molecular weight excluding hydrogens is 344 g/mol. The number of nitrogens with one attached hydrogen (secondary N) is 2. The van der Waals surface area contributed by atoms with Gasteiger partial charge in [0.2, 0.25) is 5.91 Å². The number of carbonyl (C=O) groups is 3. The largest absolute Gasteiger partial charge is 0.427 e. The van der Waals surface area contributed by atoms with Crippen molar-refractivity contribution in [2.75, 3.05) is 5.32 Å². The number of amides is 2. The third kappa shape index (κ3) is 5.95. The van der Waals surface area contributed by atoms with Crippen molar-refractivity contribution in [3.8, 4) is 5.75 Å². The van der Waals surface area contributed by atoms with Crippen molar-refractivity contribution in [2.45, 2.75) is 34.2 Å². The summed E-state index contributed by atoms with van der Waals surface area (Å²) in [4.78, 5) is 35.7. The lowest BCUT2D eigenvalue weighted by Gasteiger charge is -2.18. The summed E-state index contributed by atoms with van der Waals surface area (Å²) in [5.74, 6) is -0.551. The van der Waals surface area contributed by atoms with Gasteiger partial charge in [0.05, 0.1) is 0 Å². The Labute approximate surface area is 158 Å². The van der Waals surface area contributed by atoms with Crippen LogP contribution in [0.5, 0.6) is 5.75 Å². The van der Waals surface area contributed by atoms with Gasteiger partial charge < -0.3 is 15.4 Å². The lowest BCUT2D eigenvalue weighted by molar-refractivity contribution is -0.132. The molecule has 0 fully saturated rings. The monoisotopic (exact) mass is 368 g/mol. The van der Waals surface area contributed by atoms with Gasteiger partial charge in [0.15, 0.2) is 0 Å². The molecule has 0 aliphatic carbocycles. The summed E-state index contributed by atoms with van der Waals surface area (Å²) in [5, 5.41) is 5.71. The number of para-hydroxylation sites is 1. The molecule has 0 aliphatic rings. The van der Waals surface area contributed by atoms with Crippen molar-refractivity contribution in [2.24, 2.45) is 5.41 Å². The van der Waals surface area contributed by atoms with Gasteiger partial charge in [-0.2, -0.15) is 0 Å². The van der Waals surface area contributed by atoms with Crippen LogP contribution in [0.1, 0.15) is 43.6 Å². The number of hydrogen-bond donors (Lipinski definition) is 2. The molecule has 27 heavy (non-hydrogen) atoms. The van der Waals surface area contributed by atoms with Gasteiger partial charge in [-0.3, -0.25) is 14.4 Å². The Balaban J connectivity index is 2.12. The molecule has 0 unspecified atom stereocenters. The Hall–Kier alpha value is -3.15. The standard InChI is InChI=1S/C21H24N2O4/c1-14(24)27-17-10-7-9-15(12-17)19(25)23-18-11-6-5-8-16(18)13-22-20(26)21(2,3)4/h5-12H,13H2,1-4H3,(H,22,26)(H,23,25). The molecule has 0 saturated heterocycles. The fraction of sp³-hybridized carbons (Fsp3) is 0.286. The quantitative estimate of drug-likeness (QED) is 0.625. The highest BCUT2D eigenvalue weighted by Crippen LogP contribution is 2.19. The predicted octanol–water partition coefficient (Wildman–Crippen LogP) is 3.53. The fourth-order valence-corrected chi connectivity index (χ4v) is 2.30. The molecular formula is C21H24N2O4. The normalized spacial score (nSPS) is 10.8. The van der Waals surface area contributed by atoms with Crippen LogP contribution in [-0.2, 0) is 16.1 Å². The van der Waals surface area contributed by atoms with Gasteiger partial charge in [-0.15, -0.1) is 0 Å². The van der Waals surface area contributed by atoms with E-state index in [-0.39, 0.29) is 11.8 Å². The lowest BCUT2D eigenvalue weighted by atomic mass is 9.95. The Bertz CT molecular complexity index is 853. The highest BCUT2D eigenvalue weighted by atomic mass is 16.5. The molecule has 2 rings (SSSR count). The minimum absolute atomic E-state index is 0.0716. The van der Waals surface area contributed by atoms with Crippen LogP contribution in [0.2, 0.25) is 0 Å². The minimum atomic E-state index is -0.491. The molecule has 2 amide bonds. The first-order valence-corrected chi connectivity index (χ1v) is 8.63. The van der Waals surface area contributed by atoms with Gasteiger partial charge >= 0.3 is 5.97 Å². The highest BCUT2D eigenvalue weighted by molar-refractivity contribution is 6.05. The van der Waals surface area contributed by atoms with Crippen molar-refractivity contribution in [3.05, 3.63) is 59.7 Å². The van der Waals surface area contributed by atoms with Gasteiger partial charge in [-0.05, 0) is 29.8 Å². The summed E-state index contributed by atoms with van der Waals surface area (Å²) in [6.07, 6.45) is 0. The molecule has 0 atom stereocenters. The van der Waals surface area contributed by atoms with E-state index in [0.717, 1.165) is 5.56 Å². The first-order valence-electron chi connectivity index (χ1n) is 8.63. The number of hydrogen-bond acceptors (Lipinski definition) is 4. The first kappa shape index (κ1) is 20.2. The molecule has 6 heteroatoms. The topological polar surface area (TPSA) is 84.5 Å². The Morgan fingerprint density at radius 1 is 1.00 bits per heavy atom. The second kappa shape index (κ2) is 8.49. The summed E-state index contributed by atoms with van der Waals surface area (Å²) >= 11 is 0. The second-order valence-corrected chi connectivity index (χ2v) is 7.17. The van der Waals surface area contributed by atoms with Gasteiger partial charge in [-0.25, -0.2) is 0 Å². The van der Waals surface area contributed by atoms with E-state index in [1.54, 1.807) is 30.3 Å². The van der Waals surface area contributed by atoms with Gasteiger partial charge in [0.1, 0.15) is 5.75 Å².